The molecule has 0 aliphatic heterocycles. The van der Waals surface area contributed by atoms with E-state index in [9.17, 15) is 44.7 Å². The molecule has 2 rings (SSSR count). The van der Waals surface area contributed by atoms with Crippen molar-refractivity contribution in [1.29, 1.82) is 0 Å². The number of methoxy groups -OCH3 is 1. The van der Waals surface area contributed by atoms with Crippen LogP contribution in [0.1, 0.15) is 30.4 Å². The fourth-order valence-corrected chi connectivity index (χ4v) is 3.18. The van der Waals surface area contributed by atoms with Gasteiger partial charge >= 0.3 is 36.1 Å². The standard InChI is InChI=1S/C25H23F8NO4/c1-37-20(36)14-18(34-21(16-8-4-2-5-9-16)17-10-6-3-7-11-17)12-13-19(35)38-15-23(28,29)25(32,33)24(30,31)22(26)27/h2-11,18,22H,12-15H2,1H3. The van der Waals surface area contributed by atoms with Crippen LogP contribution in [-0.4, -0.2) is 61.6 Å². The van der Waals surface area contributed by atoms with Crippen LogP contribution in [0.15, 0.2) is 65.7 Å². The van der Waals surface area contributed by atoms with Gasteiger partial charge in [-0.2, -0.15) is 26.3 Å². The van der Waals surface area contributed by atoms with Crippen LogP contribution in [0.5, 0.6) is 0 Å². The Balaban J connectivity index is 2.20. The van der Waals surface area contributed by atoms with Gasteiger partial charge in [0, 0.05) is 17.5 Å². The zero-order valence-electron chi connectivity index (χ0n) is 19.9. The van der Waals surface area contributed by atoms with Gasteiger partial charge in [0.1, 0.15) is 0 Å². The predicted octanol–water partition coefficient (Wildman–Crippen LogP) is 5.95. The first-order valence-electron chi connectivity index (χ1n) is 11.1. The lowest BCUT2D eigenvalue weighted by atomic mass is 10.0. The lowest BCUT2D eigenvalue weighted by Gasteiger charge is -2.31. The minimum atomic E-state index is -6.49. The van der Waals surface area contributed by atoms with Crippen molar-refractivity contribution in [3.8, 4) is 0 Å². The van der Waals surface area contributed by atoms with E-state index >= 15 is 0 Å². The molecule has 0 aliphatic rings. The number of esters is 2. The molecular weight excluding hydrogens is 530 g/mol. The van der Waals surface area contributed by atoms with Gasteiger partial charge in [0.15, 0.2) is 6.61 Å². The van der Waals surface area contributed by atoms with Crippen LogP contribution in [-0.2, 0) is 19.1 Å². The summed E-state index contributed by atoms with van der Waals surface area (Å²) >= 11 is 0. The number of rotatable bonds is 13. The number of carbonyl (C=O) groups excluding carboxylic acids is 2. The molecule has 2 aromatic rings. The Labute approximate surface area is 212 Å². The summed E-state index contributed by atoms with van der Waals surface area (Å²) in [5.41, 5.74) is 1.69. The number of hydrogen-bond acceptors (Lipinski definition) is 5. The number of halogens is 8. The third-order valence-corrected chi connectivity index (χ3v) is 5.28. The van der Waals surface area contributed by atoms with Crippen LogP contribution in [0, 0.1) is 0 Å². The van der Waals surface area contributed by atoms with E-state index in [0.717, 1.165) is 7.11 Å². The zero-order valence-corrected chi connectivity index (χ0v) is 19.9. The Bertz CT molecular complexity index is 1050. The Kier molecular flexibility index (Phi) is 10.4. The minimum Gasteiger partial charge on any atom is -0.469 e. The molecule has 0 amide bonds. The van der Waals surface area contributed by atoms with Crippen molar-refractivity contribution in [2.24, 2.45) is 4.99 Å². The Morgan fingerprint density at radius 2 is 1.34 bits per heavy atom. The van der Waals surface area contributed by atoms with E-state index in [4.69, 9.17) is 0 Å². The van der Waals surface area contributed by atoms with E-state index in [-0.39, 0.29) is 12.8 Å². The summed E-state index contributed by atoms with van der Waals surface area (Å²) < 4.78 is 113. The molecular formula is C25H23F8NO4. The molecule has 0 aromatic heterocycles. The van der Waals surface area contributed by atoms with Gasteiger partial charge in [-0.3, -0.25) is 14.6 Å². The monoisotopic (exact) mass is 553 g/mol. The van der Waals surface area contributed by atoms with Crippen LogP contribution in [0.4, 0.5) is 35.1 Å². The molecule has 0 spiro atoms. The maximum absolute atomic E-state index is 13.7. The van der Waals surface area contributed by atoms with Crippen LogP contribution < -0.4 is 0 Å². The number of hydrogen-bond donors (Lipinski definition) is 0. The predicted molar refractivity (Wildman–Crippen MR) is 120 cm³/mol. The third-order valence-electron chi connectivity index (χ3n) is 5.28. The van der Waals surface area contributed by atoms with Crippen molar-refractivity contribution in [3.05, 3.63) is 71.8 Å². The van der Waals surface area contributed by atoms with Gasteiger partial charge < -0.3 is 9.47 Å². The quantitative estimate of drug-likeness (QED) is 0.175. The second kappa shape index (κ2) is 12.8. The molecule has 0 bridgehead atoms. The average Bonchev–Trinajstić information content (AvgIpc) is 2.89. The molecule has 0 saturated carbocycles. The van der Waals surface area contributed by atoms with Crippen molar-refractivity contribution in [1.82, 2.24) is 0 Å². The van der Waals surface area contributed by atoms with E-state index in [1.54, 1.807) is 60.7 Å². The van der Waals surface area contributed by atoms with Crippen molar-refractivity contribution in [2.45, 2.75) is 49.5 Å². The first-order chi connectivity index (χ1) is 17.7. The van der Waals surface area contributed by atoms with Gasteiger partial charge in [-0.1, -0.05) is 60.7 Å². The zero-order chi connectivity index (χ0) is 28.6. The van der Waals surface area contributed by atoms with Crippen LogP contribution >= 0.6 is 0 Å². The fourth-order valence-electron chi connectivity index (χ4n) is 3.18. The number of ether oxygens (including phenoxy) is 2. The van der Waals surface area contributed by atoms with Crippen molar-refractivity contribution >= 4 is 17.7 Å². The van der Waals surface area contributed by atoms with Gasteiger partial charge in [0.05, 0.1) is 25.3 Å². The highest BCUT2D eigenvalue weighted by Crippen LogP contribution is 2.48. The molecule has 13 heteroatoms. The number of carbonyl (C=O) groups is 2. The molecule has 1 unspecified atom stereocenters. The molecule has 1 atom stereocenters. The molecule has 38 heavy (non-hydrogen) atoms. The Morgan fingerprint density at radius 3 is 1.79 bits per heavy atom. The molecule has 208 valence electrons. The van der Waals surface area contributed by atoms with Crippen molar-refractivity contribution < 1.29 is 54.2 Å². The fraction of sp³-hybridized carbons (Fsp3) is 0.400. The highest BCUT2D eigenvalue weighted by atomic mass is 19.4. The maximum atomic E-state index is 13.7. The molecule has 0 radical (unpaired) electrons. The SMILES string of the molecule is COC(=O)CC(CCC(=O)OCC(F)(F)C(F)(F)C(F)(F)C(F)F)N=C(c1ccccc1)c1ccccc1. The summed E-state index contributed by atoms with van der Waals surface area (Å²) in [6, 6.07) is 16.4. The Hall–Kier alpha value is -3.51. The van der Waals surface area contributed by atoms with Gasteiger partial charge in [0.2, 0.25) is 0 Å². The summed E-state index contributed by atoms with van der Waals surface area (Å²) in [6.07, 6.45) is -6.50. The highest BCUT2D eigenvalue weighted by molar-refractivity contribution is 6.13. The van der Waals surface area contributed by atoms with Crippen molar-refractivity contribution in [2.75, 3.05) is 13.7 Å². The van der Waals surface area contributed by atoms with E-state index in [2.05, 4.69) is 14.5 Å². The first kappa shape index (κ1) is 30.7. The van der Waals surface area contributed by atoms with Crippen LogP contribution in [0.2, 0.25) is 0 Å². The lowest BCUT2D eigenvalue weighted by molar-refractivity contribution is -0.344. The topological polar surface area (TPSA) is 65.0 Å². The lowest BCUT2D eigenvalue weighted by Crippen LogP contribution is -2.59. The average molecular weight is 553 g/mol. The number of alkyl halides is 8. The summed E-state index contributed by atoms with van der Waals surface area (Å²) in [6.45, 7) is -2.56. The van der Waals surface area contributed by atoms with Crippen LogP contribution in [0.3, 0.4) is 0 Å². The number of benzene rings is 2. The summed E-state index contributed by atoms with van der Waals surface area (Å²) in [4.78, 5) is 28.4. The third kappa shape index (κ3) is 7.51. The molecule has 0 N–H and O–H groups in total. The van der Waals surface area contributed by atoms with Gasteiger partial charge in [-0.25, -0.2) is 8.78 Å². The maximum Gasteiger partial charge on any atom is 0.381 e. The minimum absolute atomic E-state index is 0.313. The Morgan fingerprint density at radius 1 is 0.842 bits per heavy atom. The van der Waals surface area contributed by atoms with Crippen molar-refractivity contribution in [3.63, 3.8) is 0 Å². The van der Waals surface area contributed by atoms with Gasteiger partial charge in [0.25, 0.3) is 0 Å². The van der Waals surface area contributed by atoms with Crippen LogP contribution in [0.25, 0.3) is 0 Å². The molecule has 0 fully saturated rings. The van der Waals surface area contributed by atoms with E-state index in [0.29, 0.717) is 16.8 Å². The summed E-state index contributed by atoms with van der Waals surface area (Å²) in [5.74, 6) is -20.9. The molecule has 0 heterocycles. The summed E-state index contributed by atoms with van der Waals surface area (Å²) in [7, 11) is 1.10. The van der Waals surface area contributed by atoms with E-state index in [1.807, 2.05) is 0 Å². The smallest absolute Gasteiger partial charge is 0.381 e. The normalized spacial score (nSPS) is 13.1. The largest absolute Gasteiger partial charge is 0.469 e. The van der Waals surface area contributed by atoms with E-state index in [1.165, 1.54) is 0 Å². The second-order valence-electron chi connectivity index (χ2n) is 8.05. The number of nitrogens with zero attached hydrogens (tertiary/aromatic N) is 1. The molecule has 0 aliphatic carbocycles. The first-order valence-corrected chi connectivity index (χ1v) is 11.1. The van der Waals surface area contributed by atoms with Gasteiger partial charge in [-0.15, -0.1) is 0 Å². The van der Waals surface area contributed by atoms with Gasteiger partial charge in [-0.05, 0) is 6.42 Å². The second-order valence-corrected chi connectivity index (χ2v) is 8.05. The van der Waals surface area contributed by atoms with E-state index < -0.39 is 55.2 Å². The summed E-state index contributed by atoms with van der Waals surface area (Å²) in [5, 5.41) is 0. The molecule has 2 aromatic carbocycles. The highest BCUT2D eigenvalue weighted by Gasteiger charge is 2.75. The number of aliphatic imine (C=N–C) groups is 1. The molecule has 5 nitrogen and oxygen atoms in total. The molecule has 0 saturated heterocycles.